The van der Waals surface area contributed by atoms with Crippen LogP contribution in [0, 0.1) is 0 Å². The second-order valence-electron chi connectivity index (χ2n) is 4.14. The Bertz CT molecular complexity index is 496. The Morgan fingerprint density at radius 2 is 2.25 bits per heavy atom. The average molecular weight is 221 g/mol. The van der Waals surface area contributed by atoms with Crippen LogP contribution in [-0.4, -0.2) is 22.4 Å². The van der Waals surface area contributed by atoms with Gasteiger partial charge < -0.3 is 5.32 Å². The molecule has 0 radical (unpaired) electrons. The highest BCUT2D eigenvalue weighted by atomic mass is 16.1. The molecule has 0 saturated heterocycles. The third-order valence-corrected chi connectivity index (χ3v) is 2.49. The summed E-state index contributed by atoms with van der Waals surface area (Å²) in [5, 5.41) is 5.77. The summed E-state index contributed by atoms with van der Waals surface area (Å²) in [7, 11) is 0. The van der Waals surface area contributed by atoms with Crippen LogP contribution in [0.2, 0.25) is 0 Å². The molecule has 0 aromatic carbocycles. The number of rotatable bonds is 5. The number of H-pyrrole nitrogens is 1. The van der Waals surface area contributed by atoms with E-state index in [0.29, 0.717) is 19.1 Å². The Morgan fingerprint density at radius 1 is 1.50 bits per heavy atom. The lowest BCUT2D eigenvalue weighted by atomic mass is 10.3. The molecule has 1 aliphatic rings. The monoisotopic (exact) mass is 221 g/mol. The van der Waals surface area contributed by atoms with Crippen LogP contribution in [0.1, 0.15) is 12.8 Å². The molecule has 0 unspecified atom stereocenters. The minimum atomic E-state index is -0.275. The first kappa shape index (κ1) is 10.9. The number of aromatic amines is 1. The van der Waals surface area contributed by atoms with Crippen LogP contribution in [0.4, 0.5) is 0 Å². The zero-order chi connectivity index (χ0) is 11.5. The van der Waals surface area contributed by atoms with Crippen molar-refractivity contribution < 1.29 is 0 Å². The minimum absolute atomic E-state index is 0.216. The topological polar surface area (TPSA) is 66.9 Å². The van der Waals surface area contributed by atoms with Gasteiger partial charge in [0.1, 0.15) is 0 Å². The van der Waals surface area contributed by atoms with Gasteiger partial charge in [0.25, 0.3) is 11.1 Å². The van der Waals surface area contributed by atoms with Gasteiger partial charge >= 0.3 is 0 Å². The van der Waals surface area contributed by atoms with E-state index in [1.165, 1.54) is 29.7 Å². The summed E-state index contributed by atoms with van der Waals surface area (Å²) in [4.78, 5) is 22.4. The number of nitrogens with one attached hydrogen (secondary N) is 2. The Balaban J connectivity index is 1.96. The average Bonchev–Trinajstić information content (AvgIpc) is 3.04. The lowest BCUT2D eigenvalue weighted by Gasteiger charge is -2.08. The maximum atomic E-state index is 11.4. The molecule has 1 saturated carbocycles. The van der Waals surface area contributed by atoms with E-state index in [2.05, 4.69) is 17.0 Å². The van der Waals surface area contributed by atoms with Gasteiger partial charge in [-0.25, -0.2) is 4.68 Å². The fourth-order valence-corrected chi connectivity index (χ4v) is 1.44. The number of nitrogens with zero attached hydrogens (tertiary/aromatic N) is 1. The number of hydrogen-bond donors (Lipinski definition) is 2. The van der Waals surface area contributed by atoms with Crippen molar-refractivity contribution in [3.63, 3.8) is 0 Å². The van der Waals surface area contributed by atoms with Gasteiger partial charge in [0.05, 0.1) is 6.54 Å². The van der Waals surface area contributed by atoms with E-state index in [1.54, 1.807) is 0 Å². The lowest BCUT2D eigenvalue weighted by molar-refractivity contribution is 0.596. The summed E-state index contributed by atoms with van der Waals surface area (Å²) in [6, 6.07) is 3.10. The highest BCUT2D eigenvalue weighted by molar-refractivity contribution is 5.00. The molecule has 5 heteroatoms. The van der Waals surface area contributed by atoms with Crippen LogP contribution in [0.25, 0.3) is 0 Å². The van der Waals surface area contributed by atoms with Gasteiger partial charge in [0.15, 0.2) is 0 Å². The van der Waals surface area contributed by atoms with Gasteiger partial charge in [-0.1, -0.05) is 6.58 Å². The molecule has 16 heavy (non-hydrogen) atoms. The quantitative estimate of drug-likeness (QED) is 0.679. The van der Waals surface area contributed by atoms with Gasteiger partial charge in [-0.15, -0.1) is 0 Å². The van der Waals surface area contributed by atoms with E-state index in [-0.39, 0.29) is 11.1 Å². The highest BCUT2D eigenvalue weighted by Gasteiger charge is 2.20. The summed E-state index contributed by atoms with van der Waals surface area (Å²) in [5.41, 5.74) is 0.394. The summed E-state index contributed by atoms with van der Waals surface area (Å²) in [5.74, 6) is 0. The molecule has 2 rings (SSSR count). The molecule has 0 atom stereocenters. The van der Waals surface area contributed by atoms with E-state index in [9.17, 15) is 9.59 Å². The molecule has 86 valence electrons. The van der Waals surface area contributed by atoms with E-state index in [0.717, 1.165) is 5.57 Å². The molecule has 0 bridgehead atoms. The molecule has 1 heterocycles. The first-order valence-electron chi connectivity index (χ1n) is 5.35. The van der Waals surface area contributed by atoms with Crippen molar-refractivity contribution in [3.05, 3.63) is 45.0 Å². The van der Waals surface area contributed by atoms with Gasteiger partial charge in [0, 0.05) is 24.7 Å². The second-order valence-corrected chi connectivity index (χ2v) is 4.14. The van der Waals surface area contributed by atoms with Crippen LogP contribution in [-0.2, 0) is 6.54 Å². The lowest BCUT2D eigenvalue weighted by Crippen LogP contribution is -2.30. The van der Waals surface area contributed by atoms with E-state index in [1.807, 2.05) is 0 Å². The molecule has 1 fully saturated rings. The molecule has 0 amide bonds. The Kier molecular flexibility index (Phi) is 3.05. The standard InChI is InChI=1S/C11H15N3O2/c1-8(6-12-9-2-3-9)7-14-11(16)5-4-10(15)13-14/h4-5,9,12H,1-3,6-7H2,(H,13,15). The smallest absolute Gasteiger partial charge is 0.265 e. The van der Waals surface area contributed by atoms with Crippen molar-refractivity contribution in [3.8, 4) is 0 Å². The van der Waals surface area contributed by atoms with Crippen molar-refractivity contribution in [1.82, 2.24) is 15.1 Å². The van der Waals surface area contributed by atoms with E-state index >= 15 is 0 Å². The minimum Gasteiger partial charge on any atom is -0.310 e. The zero-order valence-electron chi connectivity index (χ0n) is 9.03. The van der Waals surface area contributed by atoms with Crippen LogP contribution < -0.4 is 16.4 Å². The van der Waals surface area contributed by atoms with Crippen molar-refractivity contribution in [2.45, 2.75) is 25.4 Å². The van der Waals surface area contributed by atoms with Crippen molar-refractivity contribution in [1.29, 1.82) is 0 Å². The van der Waals surface area contributed by atoms with Gasteiger partial charge in [-0.05, 0) is 18.4 Å². The van der Waals surface area contributed by atoms with Gasteiger partial charge in [0.2, 0.25) is 0 Å². The third-order valence-electron chi connectivity index (χ3n) is 2.49. The molecule has 0 spiro atoms. The second kappa shape index (κ2) is 4.49. The van der Waals surface area contributed by atoms with Crippen LogP contribution in [0.15, 0.2) is 33.9 Å². The predicted molar refractivity (Wildman–Crippen MR) is 61.5 cm³/mol. The third kappa shape index (κ3) is 2.93. The van der Waals surface area contributed by atoms with Crippen molar-refractivity contribution in [2.24, 2.45) is 0 Å². The Hall–Kier alpha value is -1.62. The molecule has 1 aromatic rings. The molecule has 2 N–H and O–H groups in total. The predicted octanol–water partition coefficient (Wildman–Crippen LogP) is -0.155. The SMILES string of the molecule is C=C(CNC1CC1)Cn1[nH]c(=O)ccc1=O. The maximum absolute atomic E-state index is 11.4. The fourth-order valence-electron chi connectivity index (χ4n) is 1.44. The summed E-state index contributed by atoms with van der Waals surface area (Å²) in [6.45, 7) is 4.92. The summed E-state index contributed by atoms with van der Waals surface area (Å²) < 4.78 is 1.28. The normalized spacial score (nSPS) is 15.0. The zero-order valence-corrected chi connectivity index (χ0v) is 9.03. The Morgan fingerprint density at radius 3 is 2.94 bits per heavy atom. The van der Waals surface area contributed by atoms with Crippen LogP contribution in [0.5, 0.6) is 0 Å². The molecule has 1 aliphatic carbocycles. The first-order chi connectivity index (χ1) is 7.65. The Labute approximate surface area is 92.8 Å². The van der Waals surface area contributed by atoms with Crippen LogP contribution >= 0.6 is 0 Å². The molecule has 1 aromatic heterocycles. The van der Waals surface area contributed by atoms with E-state index < -0.39 is 0 Å². The fraction of sp³-hybridized carbons (Fsp3) is 0.455. The molecule has 5 nitrogen and oxygen atoms in total. The van der Waals surface area contributed by atoms with Crippen molar-refractivity contribution in [2.75, 3.05) is 6.54 Å². The van der Waals surface area contributed by atoms with Crippen molar-refractivity contribution >= 4 is 0 Å². The first-order valence-corrected chi connectivity index (χ1v) is 5.35. The molecular formula is C11H15N3O2. The summed E-state index contributed by atoms with van der Waals surface area (Å²) >= 11 is 0. The van der Waals surface area contributed by atoms with E-state index in [4.69, 9.17) is 0 Å². The van der Waals surface area contributed by atoms with Gasteiger partial charge in [-0.3, -0.25) is 14.7 Å². The number of aromatic nitrogens is 2. The van der Waals surface area contributed by atoms with Crippen LogP contribution in [0.3, 0.4) is 0 Å². The molecule has 0 aliphatic heterocycles. The van der Waals surface area contributed by atoms with Gasteiger partial charge in [-0.2, -0.15) is 0 Å². The molecular weight excluding hydrogens is 206 g/mol. The summed E-state index contributed by atoms with van der Waals surface area (Å²) in [6.07, 6.45) is 2.44. The largest absolute Gasteiger partial charge is 0.310 e. The highest BCUT2D eigenvalue weighted by Crippen LogP contribution is 2.18. The maximum Gasteiger partial charge on any atom is 0.265 e. The number of hydrogen-bond acceptors (Lipinski definition) is 3.